The van der Waals surface area contributed by atoms with Crippen molar-refractivity contribution in [2.45, 2.75) is 125 Å². The van der Waals surface area contributed by atoms with Gasteiger partial charge in [-0.2, -0.15) is 0 Å². The van der Waals surface area contributed by atoms with Crippen LogP contribution in [0, 0.1) is 28.1 Å². The van der Waals surface area contributed by atoms with Crippen molar-refractivity contribution in [1.82, 2.24) is 0 Å². The van der Waals surface area contributed by atoms with E-state index in [9.17, 15) is 24.0 Å². The number of carbonyl (C=O) groups excluding carboxylic acids is 5. The second-order valence-electron chi connectivity index (χ2n) is 15.8. The zero-order valence-electron chi connectivity index (χ0n) is 32.7. The molecule has 12 heteroatoms. The molecule has 1 aromatic rings. The van der Waals surface area contributed by atoms with Gasteiger partial charge in [0.1, 0.15) is 24.4 Å². The summed E-state index contributed by atoms with van der Waals surface area (Å²) in [6, 6.07) is 1.86. The summed E-state index contributed by atoms with van der Waals surface area (Å²) in [5, 5.41) is 0. The summed E-state index contributed by atoms with van der Waals surface area (Å²) in [4.78, 5) is 66.8. The molecule has 12 nitrogen and oxygen atoms in total. The molecule has 3 aliphatic carbocycles. The third-order valence-electron chi connectivity index (χ3n) is 13.0. The molecule has 0 spiro atoms. The highest BCUT2D eigenvalue weighted by molar-refractivity contribution is 5.88. The second-order valence-corrected chi connectivity index (χ2v) is 15.8. The summed E-state index contributed by atoms with van der Waals surface area (Å²) < 4.78 is 42.8. The predicted octanol–water partition coefficient (Wildman–Crippen LogP) is 6.33. The van der Waals surface area contributed by atoms with E-state index < -0.39 is 88.4 Å². The number of methoxy groups -OCH3 is 1. The van der Waals surface area contributed by atoms with E-state index in [4.69, 9.17) is 32.8 Å². The van der Waals surface area contributed by atoms with Gasteiger partial charge in [0, 0.05) is 65.9 Å². The normalized spacial score (nSPS) is 36.7. The fourth-order valence-electron chi connectivity index (χ4n) is 10.3. The van der Waals surface area contributed by atoms with Crippen LogP contribution in [-0.4, -0.2) is 74.1 Å². The van der Waals surface area contributed by atoms with E-state index in [1.54, 1.807) is 52.4 Å². The molecule has 0 radical (unpaired) electrons. The van der Waals surface area contributed by atoms with Crippen molar-refractivity contribution in [3.8, 4) is 0 Å². The zero-order valence-corrected chi connectivity index (χ0v) is 32.7. The van der Waals surface area contributed by atoms with Gasteiger partial charge in [0.2, 0.25) is 0 Å². The Labute approximate surface area is 311 Å². The molecule has 3 fully saturated rings. The Hall–Kier alpha value is -4.19. The van der Waals surface area contributed by atoms with E-state index in [1.165, 1.54) is 21.0 Å². The van der Waals surface area contributed by atoms with Crippen LogP contribution in [0.15, 0.2) is 57.5 Å². The molecule has 0 unspecified atom stereocenters. The number of rotatable bonds is 10. The first-order valence-electron chi connectivity index (χ1n) is 18.3. The fraction of sp³-hybridized carbons (Fsp3) is 0.634. The first-order chi connectivity index (χ1) is 24.9. The van der Waals surface area contributed by atoms with Crippen molar-refractivity contribution in [3.63, 3.8) is 0 Å². The molecule has 4 aliphatic rings. The maximum absolute atomic E-state index is 13.9. The standard InChI is InChI=1S/C41H54O12/c1-12-21(3)37(45)52-31-18-30(51-25(7)43)39(8)20-49-34-35(39)40(31,9)29(17-32(44)47-11)41(10,36(34)53-38(46)22(4)13-2)33-23(5)27(26-14-15-48-19-26)16-28(33)50-24(6)42/h12-15,19,27-31,34-36H,16-18,20H2,1-11H3/b21-12-,22-13-/t27-,28+,29-,30-,31+,34-,35-,36-,39-,40+,41-/m1/s1. The van der Waals surface area contributed by atoms with Gasteiger partial charge in [-0.05, 0) is 64.2 Å². The van der Waals surface area contributed by atoms with Crippen LogP contribution in [0.25, 0.3) is 0 Å². The van der Waals surface area contributed by atoms with E-state index in [-0.39, 0.29) is 25.4 Å². The number of hydrogen-bond donors (Lipinski definition) is 0. The summed E-state index contributed by atoms with van der Waals surface area (Å²) in [5.74, 6) is -4.22. The Morgan fingerprint density at radius 3 is 2.04 bits per heavy atom. The minimum absolute atomic E-state index is 0.126. The lowest BCUT2D eigenvalue weighted by Gasteiger charge is -2.66. The molecule has 0 amide bonds. The molecule has 290 valence electrons. The van der Waals surface area contributed by atoms with Gasteiger partial charge in [0.15, 0.2) is 0 Å². The Morgan fingerprint density at radius 1 is 0.868 bits per heavy atom. The monoisotopic (exact) mass is 738 g/mol. The van der Waals surface area contributed by atoms with Gasteiger partial charge < -0.3 is 32.8 Å². The van der Waals surface area contributed by atoms with E-state index in [1.807, 2.05) is 33.8 Å². The molecule has 1 aliphatic heterocycles. The SMILES string of the molecule is C/C=C(/C)C(=O)O[C@@H]1[C@@H]2OC[C@@]3(C)[C@@H]2[C@](C)([C@@H](OC(=O)/C(C)=C\C)C[C@H]3OC(C)=O)[C@@H](CC(=O)OC)[C@]1(C)C1=C(C)[C@H](c2ccoc2)C[C@@H]1OC(C)=O. The van der Waals surface area contributed by atoms with Gasteiger partial charge in [0.25, 0.3) is 0 Å². The molecule has 0 N–H and O–H groups in total. The Morgan fingerprint density at radius 2 is 1.49 bits per heavy atom. The van der Waals surface area contributed by atoms with Gasteiger partial charge >= 0.3 is 29.8 Å². The van der Waals surface area contributed by atoms with Crippen LogP contribution in [-0.2, 0) is 52.4 Å². The molecule has 1 saturated heterocycles. The summed E-state index contributed by atoms with van der Waals surface area (Å²) in [6.07, 6.45) is 2.59. The Bertz CT molecular complexity index is 1720. The molecule has 11 atom stereocenters. The van der Waals surface area contributed by atoms with Gasteiger partial charge in [-0.1, -0.05) is 38.5 Å². The van der Waals surface area contributed by atoms with Gasteiger partial charge in [0.05, 0.1) is 32.3 Å². The molecule has 0 aromatic carbocycles. The molecular weight excluding hydrogens is 684 g/mol. The van der Waals surface area contributed by atoms with Crippen LogP contribution in [0.2, 0.25) is 0 Å². The van der Waals surface area contributed by atoms with Crippen LogP contribution in [0.3, 0.4) is 0 Å². The van der Waals surface area contributed by atoms with Crippen molar-refractivity contribution >= 4 is 29.8 Å². The zero-order chi connectivity index (χ0) is 39.2. The summed E-state index contributed by atoms with van der Waals surface area (Å²) in [6.45, 7) is 17.5. The molecule has 2 saturated carbocycles. The lowest BCUT2D eigenvalue weighted by molar-refractivity contribution is -0.260. The van der Waals surface area contributed by atoms with Crippen molar-refractivity contribution < 1.29 is 56.8 Å². The van der Waals surface area contributed by atoms with Gasteiger partial charge in [-0.3, -0.25) is 14.4 Å². The maximum Gasteiger partial charge on any atom is 0.333 e. The molecular formula is C41H54O12. The highest BCUT2D eigenvalue weighted by atomic mass is 16.6. The smallest absolute Gasteiger partial charge is 0.333 e. The average Bonchev–Trinajstić information content (AvgIpc) is 3.84. The van der Waals surface area contributed by atoms with E-state index in [0.29, 0.717) is 23.1 Å². The van der Waals surface area contributed by atoms with E-state index in [2.05, 4.69) is 0 Å². The summed E-state index contributed by atoms with van der Waals surface area (Å²) in [7, 11) is 1.31. The third-order valence-corrected chi connectivity index (χ3v) is 13.0. The van der Waals surface area contributed by atoms with E-state index in [0.717, 1.165) is 11.1 Å². The predicted molar refractivity (Wildman–Crippen MR) is 191 cm³/mol. The number of allylic oxidation sites excluding steroid dienone is 3. The Balaban J connectivity index is 1.87. The maximum atomic E-state index is 13.9. The molecule has 53 heavy (non-hydrogen) atoms. The summed E-state index contributed by atoms with van der Waals surface area (Å²) in [5.41, 5.74) is -0.0318. The van der Waals surface area contributed by atoms with Crippen LogP contribution in [0.5, 0.6) is 0 Å². The van der Waals surface area contributed by atoms with Crippen molar-refractivity contribution in [3.05, 3.63) is 58.6 Å². The number of furan rings is 1. The van der Waals surface area contributed by atoms with Crippen LogP contribution < -0.4 is 0 Å². The minimum atomic E-state index is -1.28. The van der Waals surface area contributed by atoms with Crippen LogP contribution in [0.4, 0.5) is 0 Å². The highest BCUT2D eigenvalue weighted by Gasteiger charge is 2.77. The topological polar surface area (TPSA) is 154 Å². The molecule has 2 heterocycles. The van der Waals surface area contributed by atoms with Crippen LogP contribution >= 0.6 is 0 Å². The molecule has 0 bridgehead atoms. The lowest BCUT2D eigenvalue weighted by Crippen LogP contribution is -2.72. The quantitative estimate of drug-likeness (QED) is 0.114. The molecule has 1 aromatic heterocycles. The number of hydrogen-bond acceptors (Lipinski definition) is 12. The highest BCUT2D eigenvalue weighted by Crippen LogP contribution is 2.72. The number of esters is 5. The largest absolute Gasteiger partial charge is 0.472 e. The molecule has 5 rings (SSSR count). The van der Waals surface area contributed by atoms with Gasteiger partial charge in [-0.15, -0.1) is 0 Å². The average molecular weight is 739 g/mol. The number of ether oxygens (including phenoxy) is 6. The lowest BCUT2D eigenvalue weighted by atomic mass is 9.39. The number of carbonyl (C=O) groups is 5. The summed E-state index contributed by atoms with van der Waals surface area (Å²) >= 11 is 0. The van der Waals surface area contributed by atoms with Crippen molar-refractivity contribution in [1.29, 1.82) is 0 Å². The first-order valence-corrected chi connectivity index (χ1v) is 18.3. The second kappa shape index (κ2) is 14.9. The third kappa shape index (κ3) is 6.65. The minimum Gasteiger partial charge on any atom is -0.472 e. The van der Waals surface area contributed by atoms with Gasteiger partial charge in [-0.25, -0.2) is 9.59 Å². The van der Waals surface area contributed by atoms with Crippen LogP contribution in [0.1, 0.15) is 100.0 Å². The fourth-order valence-corrected chi connectivity index (χ4v) is 10.3. The van der Waals surface area contributed by atoms with E-state index >= 15 is 0 Å². The first kappa shape index (κ1) is 40.0. The Kier molecular flexibility index (Phi) is 11.3. The van der Waals surface area contributed by atoms with Crippen molar-refractivity contribution in [2.24, 2.45) is 28.1 Å². The van der Waals surface area contributed by atoms with Crippen molar-refractivity contribution in [2.75, 3.05) is 13.7 Å².